The van der Waals surface area contributed by atoms with Crippen LogP contribution in [0.25, 0.3) is 6.08 Å². The molecule has 0 amide bonds. The van der Waals surface area contributed by atoms with Crippen molar-refractivity contribution in [3.63, 3.8) is 0 Å². The van der Waals surface area contributed by atoms with Crippen LogP contribution in [0, 0.1) is 0 Å². The number of hydrogen-bond acceptors (Lipinski definition) is 1. The quantitative estimate of drug-likeness (QED) is 0.492. The van der Waals surface area contributed by atoms with E-state index < -0.39 is 7.38 Å². The molecule has 0 nitrogen and oxygen atoms in total. The second-order valence-electron chi connectivity index (χ2n) is 3.64. The van der Waals surface area contributed by atoms with E-state index in [0.717, 1.165) is 0 Å². The second kappa shape index (κ2) is 2.72. The number of fused-ring (bicyclic) bond motifs is 1. The van der Waals surface area contributed by atoms with Gasteiger partial charge in [-0.3, -0.25) is 0 Å². The lowest BCUT2D eigenvalue weighted by atomic mass is 10.3. The molecule has 0 aromatic carbocycles. The third kappa shape index (κ3) is 1.28. The monoisotopic (exact) mass is 214 g/mol. The number of rotatable bonds is 1. The van der Waals surface area contributed by atoms with Crippen LogP contribution in [0.2, 0.25) is 13.1 Å². The van der Waals surface area contributed by atoms with Crippen molar-refractivity contribution < 1.29 is 0 Å². The molecule has 0 N–H and O–H groups in total. The van der Waals surface area contributed by atoms with Gasteiger partial charge in [0, 0.05) is 10.4 Å². The normalized spacial score (nSPS) is 21.4. The topological polar surface area (TPSA) is 0 Å². The zero-order valence-corrected chi connectivity index (χ0v) is 9.75. The van der Waals surface area contributed by atoms with Gasteiger partial charge in [-0.1, -0.05) is 25.2 Å². The van der Waals surface area contributed by atoms with E-state index >= 15 is 0 Å². The standard InChI is InChI=1S/C9H11ClSSi/c1-12(2,10)8-4-3-7-5-6-11-9(7)8/h3-6,8H,1-2H3. The van der Waals surface area contributed by atoms with Crippen LogP contribution in [0.3, 0.4) is 0 Å². The van der Waals surface area contributed by atoms with Gasteiger partial charge in [-0.2, -0.15) is 11.1 Å². The first-order chi connectivity index (χ1) is 5.59. The van der Waals surface area contributed by atoms with Gasteiger partial charge >= 0.3 is 0 Å². The van der Waals surface area contributed by atoms with Gasteiger partial charge in [0.25, 0.3) is 0 Å². The molecule has 1 unspecified atom stereocenters. The molecule has 0 bridgehead atoms. The first kappa shape index (κ1) is 8.54. The van der Waals surface area contributed by atoms with Crippen LogP contribution in [-0.2, 0) is 0 Å². The van der Waals surface area contributed by atoms with Crippen molar-refractivity contribution in [1.82, 2.24) is 0 Å². The summed E-state index contributed by atoms with van der Waals surface area (Å²) >= 11 is 8.25. The van der Waals surface area contributed by atoms with E-state index in [2.05, 4.69) is 36.7 Å². The lowest BCUT2D eigenvalue weighted by Crippen LogP contribution is -2.25. The number of allylic oxidation sites excluding steroid dienone is 1. The molecule has 12 heavy (non-hydrogen) atoms. The molecule has 1 aromatic rings. The molecule has 3 heteroatoms. The summed E-state index contributed by atoms with van der Waals surface area (Å²) in [5.41, 5.74) is 1.92. The fraction of sp³-hybridized carbons (Fsp3) is 0.333. The average Bonchev–Trinajstić information content (AvgIpc) is 2.37. The van der Waals surface area contributed by atoms with Crippen LogP contribution in [0.5, 0.6) is 0 Å². The minimum atomic E-state index is -1.54. The van der Waals surface area contributed by atoms with Gasteiger partial charge in [0.1, 0.15) is 0 Å². The predicted octanol–water partition coefficient (Wildman–Crippen LogP) is 3.84. The number of halogens is 1. The smallest absolute Gasteiger partial charge is 0.162 e. The maximum absolute atomic E-state index is 6.42. The molecule has 0 saturated heterocycles. The molecule has 64 valence electrons. The Bertz CT molecular complexity index is 322. The van der Waals surface area contributed by atoms with Crippen molar-refractivity contribution in [2.45, 2.75) is 18.6 Å². The SMILES string of the molecule is C[Si](C)(Cl)C1C=Cc2ccsc21. The summed E-state index contributed by atoms with van der Waals surface area (Å²) in [4.78, 5) is 1.47. The van der Waals surface area contributed by atoms with Gasteiger partial charge in [-0.25, -0.2) is 0 Å². The minimum Gasteiger partial charge on any atom is -0.167 e. The fourth-order valence-electron chi connectivity index (χ4n) is 1.55. The van der Waals surface area contributed by atoms with E-state index in [-0.39, 0.29) is 0 Å². The molecule has 0 radical (unpaired) electrons. The summed E-state index contributed by atoms with van der Waals surface area (Å²) in [6.45, 7) is 4.41. The first-order valence-electron chi connectivity index (χ1n) is 4.03. The number of hydrogen-bond donors (Lipinski definition) is 0. The zero-order chi connectivity index (χ0) is 8.77. The third-order valence-corrected chi connectivity index (χ3v) is 6.11. The summed E-state index contributed by atoms with van der Waals surface area (Å²) in [6, 6.07) is 2.17. The van der Waals surface area contributed by atoms with E-state index in [1.807, 2.05) is 11.3 Å². The molecule has 0 aliphatic heterocycles. The van der Waals surface area contributed by atoms with E-state index in [4.69, 9.17) is 11.1 Å². The molecule has 2 rings (SSSR count). The van der Waals surface area contributed by atoms with Crippen molar-refractivity contribution in [3.05, 3.63) is 28.0 Å². The molecule has 0 saturated carbocycles. The third-order valence-electron chi connectivity index (χ3n) is 2.22. The Morgan fingerprint density at radius 1 is 1.50 bits per heavy atom. The maximum Gasteiger partial charge on any atom is 0.162 e. The summed E-state index contributed by atoms with van der Waals surface area (Å²) < 4.78 is 0. The van der Waals surface area contributed by atoms with Crippen LogP contribution in [0.4, 0.5) is 0 Å². The predicted molar refractivity (Wildman–Crippen MR) is 59.4 cm³/mol. The fourth-order valence-corrected chi connectivity index (χ4v) is 5.58. The summed E-state index contributed by atoms with van der Waals surface area (Å²) in [5.74, 6) is 0. The number of thiophene rings is 1. The molecular weight excluding hydrogens is 204 g/mol. The van der Waals surface area contributed by atoms with Crippen molar-refractivity contribution >= 4 is 35.9 Å². The molecule has 0 spiro atoms. The van der Waals surface area contributed by atoms with Gasteiger partial charge in [-0.05, 0) is 17.0 Å². The molecule has 0 fully saturated rings. The lowest BCUT2D eigenvalue weighted by molar-refractivity contribution is 1.24. The summed E-state index contributed by atoms with van der Waals surface area (Å²) in [7, 11) is -1.54. The highest BCUT2D eigenvalue weighted by atomic mass is 35.6. The van der Waals surface area contributed by atoms with Crippen LogP contribution in [-0.4, -0.2) is 7.38 Å². The molecule has 1 atom stereocenters. The van der Waals surface area contributed by atoms with Crippen molar-refractivity contribution in [3.8, 4) is 0 Å². The Hall–Kier alpha value is -0.0531. The first-order valence-corrected chi connectivity index (χ1v) is 9.00. The van der Waals surface area contributed by atoms with Gasteiger partial charge < -0.3 is 0 Å². The van der Waals surface area contributed by atoms with Crippen molar-refractivity contribution in [2.24, 2.45) is 0 Å². The highest BCUT2D eigenvalue weighted by molar-refractivity contribution is 7.21. The average molecular weight is 215 g/mol. The molecular formula is C9H11ClSSi. The van der Waals surface area contributed by atoms with E-state index in [0.29, 0.717) is 5.54 Å². The summed E-state index contributed by atoms with van der Waals surface area (Å²) in [5, 5.41) is 2.15. The van der Waals surface area contributed by atoms with Crippen molar-refractivity contribution in [2.75, 3.05) is 0 Å². The Kier molecular flexibility index (Phi) is 1.94. The van der Waals surface area contributed by atoms with Crippen LogP contribution >= 0.6 is 22.4 Å². The second-order valence-corrected chi connectivity index (χ2v) is 11.3. The molecule has 1 aromatic heterocycles. The van der Waals surface area contributed by atoms with Crippen molar-refractivity contribution in [1.29, 1.82) is 0 Å². The maximum atomic E-state index is 6.42. The van der Waals surface area contributed by atoms with E-state index in [1.165, 1.54) is 10.4 Å². The Labute approximate surface area is 82.6 Å². The Morgan fingerprint density at radius 2 is 2.25 bits per heavy atom. The van der Waals surface area contributed by atoms with Crippen LogP contribution < -0.4 is 0 Å². The molecule has 1 aliphatic rings. The highest BCUT2D eigenvalue weighted by Crippen LogP contribution is 2.41. The minimum absolute atomic E-state index is 0.536. The Morgan fingerprint density at radius 3 is 2.92 bits per heavy atom. The van der Waals surface area contributed by atoms with Gasteiger partial charge in [0.15, 0.2) is 7.38 Å². The van der Waals surface area contributed by atoms with Gasteiger partial charge in [0.2, 0.25) is 0 Å². The zero-order valence-electron chi connectivity index (χ0n) is 7.17. The van der Waals surface area contributed by atoms with Crippen LogP contribution in [0.15, 0.2) is 17.5 Å². The molecule has 1 heterocycles. The van der Waals surface area contributed by atoms with Gasteiger partial charge in [-0.15, -0.1) is 11.3 Å². The highest BCUT2D eigenvalue weighted by Gasteiger charge is 2.33. The largest absolute Gasteiger partial charge is 0.167 e. The van der Waals surface area contributed by atoms with E-state index in [9.17, 15) is 0 Å². The lowest BCUT2D eigenvalue weighted by Gasteiger charge is -2.19. The van der Waals surface area contributed by atoms with Gasteiger partial charge in [0.05, 0.1) is 0 Å². The van der Waals surface area contributed by atoms with Crippen LogP contribution in [0.1, 0.15) is 16.0 Å². The Balaban J connectivity index is 2.41. The van der Waals surface area contributed by atoms with E-state index in [1.54, 1.807) is 0 Å². The summed E-state index contributed by atoms with van der Waals surface area (Å²) in [6.07, 6.45) is 4.47. The molecule has 1 aliphatic carbocycles.